The molecule has 0 saturated carbocycles. The lowest BCUT2D eigenvalue weighted by Gasteiger charge is -2.20. The second-order valence-corrected chi connectivity index (χ2v) is 4.69. The monoisotopic (exact) mass is 266 g/mol. The summed E-state index contributed by atoms with van der Waals surface area (Å²) >= 11 is 0. The maximum absolute atomic E-state index is 11.8. The Bertz CT molecular complexity index is 444. The smallest absolute Gasteiger partial charge is 0.262 e. The van der Waals surface area contributed by atoms with E-state index in [0.717, 1.165) is 5.56 Å². The van der Waals surface area contributed by atoms with Gasteiger partial charge in [-0.05, 0) is 31.5 Å². The van der Waals surface area contributed by atoms with E-state index in [9.17, 15) is 4.79 Å². The molecule has 5 nitrogen and oxygen atoms in total. The molecular formula is C14H22N2O3. The number of methoxy groups -OCH3 is 1. The number of carbonyl (C=O) groups is 1. The van der Waals surface area contributed by atoms with E-state index in [0.29, 0.717) is 11.5 Å². The first-order chi connectivity index (χ1) is 8.86. The van der Waals surface area contributed by atoms with Crippen LogP contribution in [0.25, 0.3) is 0 Å². The van der Waals surface area contributed by atoms with Crippen molar-refractivity contribution in [2.24, 2.45) is 5.73 Å². The van der Waals surface area contributed by atoms with E-state index in [4.69, 9.17) is 15.2 Å². The van der Waals surface area contributed by atoms with Crippen LogP contribution in [-0.4, -0.2) is 38.1 Å². The highest BCUT2D eigenvalue weighted by molar-refractivity contribution is 5.80. The molecule has 0 saturated heterocycles. The third kappa shape index (κ3) is 3.86. The third-order valence-corrected chi connectivity index (χ3v) is 2.81. The van der Waals surface area contributed by atoms with Crippen molar-refractivity contribution in [2.45, 2.75) is 26.0 Å². The molecule has 0 bridgehead atoms. The van der Waals surface area contributed by atoms with Gasteiger partial charge < -0.3 is 20.1 Å². The molecule has 0 spiro atoms. The Kier molecular flexibility index (Phi) is 5.18. The number of ether oxygens (including phenoxy) is 2. The molecule has 2 N–H and O–H groups in total. The van der Waals surface area contributed by atoms with Gasteiger partial charge in [-0.1, -0.05) is 6.07 Å². The van der Waals surface area contributed by atoms with Crippen molar-refractivity contribution in [1.29, 1.82) is 0 Å². The topological polar surface area (TPSA) is 64.8 Å². The number of benzene rings is 1. The van der Waals surface area contributed by atoms with Crippen LogP contribution < -0.4 is 15.2 Å². The van der Waals surface area contributed by atoms with Gasteiger partial charge in [-0.15, -0.1) is 0 Å². The molecule has 5 heteroatoms. The summed E-state index contributed by atoms with van der Waals surface area (Å²) in [5, 5.41) is 0. The standard InChI is InChI=1S/C14H22N2O3/c1-9(15)11-6-7-12(13(8-11)18-5)19-10(2)14(17)16(3)4/h6-10H,15H2,1-5H3/t9-,10?/m0/s1. The SMILES string of the molecule is COc1cc([C@H](C)N)ccc1OC(C)C(=O)N(C)C. The summed E-state index contributed by atoms with van der Waals surface area (Å²) in [4.78, 5) is 13.3. The molecule has 0 radical (unpaired) electrons. The van der Waals surface area contributed by atoms with E-state index in [1.807, 2.05) is 19.1 Å². The van der Waals surface area contributed by atoms with Crippen molar-refractivity contribution in [3.8, 4) is 11.5 Å². The van der Waals surface area contributed by atoms with Gasteiger partial charge in [0.1, 0.15) is 0 Å². The van der Waals surface area contributed by atoms with Gasteiger partial charge in [0.2, 0.25) is 0 Å². The van der Waals surface area contributed by atoms with Gasteiger partial charge in [0.05, 0.1) is 7.11 Å². The molecule has 1 unspecified atom stereocenters. The first kappa shape index (κ1) is 15.3. The second-order valence-electron chi connectivity index (χ2n) is 4.69. The summed E-state index contributed by atoms with van der Waals surface area (Å²) in [6.07, 6.45) is -0.565. The quantitative estimate of drug-likeness (QED) is 0.878. The fraction of sp³-hybridized carbons (Fsp3) is 0.500. The van der Waals surface area contributed by atoms with Crippen LogP contribution in [0.4, 0.5) is 0 Å². The summed E-state index contributed by atoms with van der Waals surface area (Å²) in [5.74, 6) is 1.01. The molecule has 1 rings (SSSR count). The molecule has 2 atom stereocenters. The average Bonchev–Trinajstić information content (AvgIpc) is 2.37. The lowest BCUT2D eigenvalue weighted by molar-refractivity contribution is -0.135. The van der Waals surface area contributed by atoms with Crippen molar-refractivity contribution in [3.05, 3.63) is 23.8 Å². The van der Waals surface area contributed by atoms with Crippen molar-refractivity contribution in [2.75, 3.05) is 21.2 Å². The molecular weight excluding hydrogens is 244 g/mol. The highest BCUT2D eigenvalue weighted by Crippen LogP contribution is 2.30. The molecule has 106 valence electrons. The molecule has 19 heavy (non-hydrogen) atoms. The fourth-order valence-corrected chi connectivity index (χ4v) is 1.67. The molecule has 1 amide bonds. The van der Waals surface area contributed by atoms with Crippen LogP contribution in [0.3, 0.4) is 0 Å². The van der Waals surface area contributed by atoms with Crippen molar-refractivity contribution >= 4 is 5.91 Å². The first-order valence-electron chi connectivity index (χ1n) is 6.18. The maximum Gasteiger partial charge on any atom is 0.262 e. The zero-order valence-corrected chi connectivity index (χ0v) is 12.1. The summed E-state index contributed by atoms with van der Waals surface area (Å²) in [6, 6.07) is 5.39. The van der Waals surface area contributed by atoms with E-state index in [2.05, 4.69) is 0 Å². The number of likely N-dealkylation sites (N-methyl/N-ethyl adjacent to an activating group) is 1. The number of carbonyl (C=O) groups excluding carboxylic acids is 1. The third-order valence-electron chi connectivity index (χ3n) is 2.81. The van der Waals surface area contributed by atoms with Crippen molar-refractivity contribution in [3.63, 3.8) is 0 Å². The van der Waals surface area contributed by atoms with Gasteiger partial charge in [0, 0.05) is 20.1 Å². The van der Waals surface area contributed by atoms with Crippen LogP contribution in [-0.2, 0) is 4.79 Å². The van der Waals surface area contributed by atoms with Crippen molar-refractivity contribution in [1.82, 2.24) is 4.90 Å². The van der Waals surface area contributed by atoms with Crippen LogP contribution in [0.5, 0.6) is 11.5 Å². The van der Waals surface area contributed by atoms with Gasteiger partial charge in [0.25, 0.3) is 5.91 Å². The van der Waals surface area contributed by atoms with Crippen LogP contribution in [0.1, 0.15) is 25.5 Å². The zero-order valence-electron chi connectivity index (χ0n) is 12.1. The van der Waals surface area contributed by atoms with Gasteiger partial charge in [-0.3, -0.25) is 4.79 Å². The summed E-state index contributed by atoms with van der Waals surface area (Å²) in [5.41, 5.74) is 6.77. The van der Waals surface area contributed by atoms with Crippen LogP contribution in [0, 0.1) is 0 Å². The number of amides is 1. The van der Waals surface area contributed by atoms with Gasteiger partial charge in [0.15, 0.2) is 17.6 Å². The van der Waals surface area contributed by atoms with E-state index < -0.39 is 6.10 Å². The predicted molar refractivity (Wildman–Crippen MR) is 74.4 cm³/mol. The maximum atomic E-state index is 11.8. The summed E-state index contributed by atoms with van der Waals surface area (Å²) in [6.45, 7) is 3.61. The molecule has 1 aromatic rings. The van der Waals surface area contributed by atoms with Crippen LogP contribution in [0.2, 0.25) is 0 Å². The van der Waals surface area contributed by atoms with Crippen molar-refractivity contribution < 1.29 is 14.3 Å². The number of hydrogen-bond donors (Lipinski definition) is 1. The van der Waals surface area contributed by atoms with Crippen LogP contribution in [0.15, 0.2) is 18.2 Å². The molecule has 0 aliphatic heterocycles. The first-order valence-corrected chi connectivity index (χ1v) is 6.18. The lowest BCUT2D eigenvalue weighted by Crippen LogP contribution is -2.35. The zero-order chi connectivity index (χ0) is 14.6. The van der Waals surface area contributed by atoms with Gasteiger partial charge >= 0.3 is 0 Å². The van der Waals surface area contributed by atoms with Crippen LogP contribution >= 0.6 is 0 Å². The average molecular weight is 266 g/mol. The van der Waals surface area contributed by atoms with E-state index in [1.165, 1.54) is 4.90 Å². The Morgan fingerprint density at radius 1 is 1.26 bits per heavy atom. The van der Waals surface area contributed by atoms with Gasteiger partial charge in [-0.2, -0.15) is 0 Å². The predicted octanol–water partition coefficient (Wildman–Crippen LogP) is 1.57. The minimum atomic E-state index is -0.565. The van der Waals surface area contributed by atoms with E-state index in [-0.39, 0.29) is 11.9 Å². The molecule has 0 fully saturated rings. The van der Waals surface area contributed by atoms with E-state index in [1.54, 1.807) is 34.2 Å². The largest absolute Gasteiger partial charge is 0.493 e. The molecule has 0 aliphatic rings. The molecule has 0 heterocycles. The second kappa shape index (κ2) is 6.43. The lowest BCUT2D eigenvalue weighted by atomic mass is 10.1. The van der Waals surface area contributed by atoms with E-state index >= 15 is 0 Å². The minimum Gasteiger partial charge on any atom is -0.493 e. The Morgan fingerprint density at radius 2 is 1.89 bits per heavy atom. The Morgan fingerprint density at radius 3 is 2.37 bits per heavy atom. The number of nitrogens with zero attached hydrogens (tertiary/aromatic N) is 1. The highest BCUT2D eigenvalue weighted by Gasteiger charge is 2.18. The Balaban J connectivity index is 2.92. The number of rotatable bonds is 5. The summed E-state index contributed by atoms with van der Waals surface area (Å²) < 4.78 is 10.9. The summed E-state index contributed by atoms with van der Waals surface area (Å²) in [7, 11) is 4.95. The fourth-order valence-electron chi connectivity index (χ4n) is 1.67. The van der Waals surface area contributed by atoms with Gasteiger partial charge in [-0.25, -0.2) is 0 Å². The molecule has 0 aliphatic carbocycles. The number of hydrogen-bond acceptors (Lipinski definition) is 4. The normalized spacial score (nSPS) is 13.6. The number of nitrogens with two attached hydrogens (primary N) is 1. The minimum absolute atomic E-state index is 0.0798. The molecule has 1 aromatic carbocycles. The molecule has 0 aromatic heterocycles. The Labute approximate surface area is 114 Å². The Hall–Kier alpha value is -1.75. The highest BCUT2D eigenvalue weighted by atomic mass is 16.5.